The van der Waals surface area contributed by atoms with Gasteiger partial charge in [0.1, 0.15) is 11.6 Å². The van der Waals surface area contributed by atoms with Gasteiger partial charge in [0, 0.05) is 4.47 Å². The Kier molecular flexibility index (Phi) is 2.82. The van der Waals surface area contributed by atoms with Crippen LogP contribution < -0.4 is 0 Å². The zero-order valence-corrected chi connectivity index (χ0v) is 12.2. The molecule has 1 heterocycles. The average molecular weight is 317 g/mol. The van der Waals surface area contributed by atoms with Crippen LogP contribution in [0.2, 0.25) is 0 Å². The van der Waals surface area contributed by atoms with Crippen LogP contribution >= 0.6 is 15.9 Å². The number of H-pyrrole nitrogens is 1. The van der Waals surface area contributed by atoms with Crippen LogP contribution in [0.5, 0.6) is 5.75 Å². The van der Waals surface area contributed by atoms with Gasteiger partial charge in [-0.3, -0.25) is 0 Å². The van der Waals surface area contributed by atoms with Crippen LogP contribution in [-0.4, -0.2) is 15.1 Å². The molecule has 0 aliphatic heterocycles. The maximum Gasteiger partial charge on any atom is 0.142 e. The van der Waals surface area contributed by atoms with E-state index in [0.29, 0.717) is 11.4 Å². The number of phenols is 1. The van der Waals surface area contributed by atoms with Crippen molar-refractivity contribution >= 4 is 27.0 Å². The van der Waals surface area contributed by atoms with Gasteiger partial charge < -0.3 is 10.1 Å². The lowest BCUT2D eigenvalue weighted by atomic mass is 10.1. The summed E-state index contributed by atoms with van der Waals surface area (Å²) in [5.41, 5.74) is 4.98. The molecule has 0 spiro atoms. The summed E-state index contributed by atoms with van der Waals surface area (Å²) in [6, 6.07) is 9.57. The van der Waals surface area contributed by atoms with E-state index in [9.17, 15) is 5.11 Å². The number of aryl methyl sites for hydroxylation is 2. The van der Waals surface area contributed by atoms with Crippen LogP contribution in [0.1, 0.15) is 11.1 Å². The lowest BCUT2D eigenvalue weighted by molar-refractivity contribution is 0.476. The molecule has 96 valence electrons. The quantitative estimate of drug-likeness (QED) is 0.702. The van der Waals surface area contributed by atoms with Crippen molar-refractivity contribution in [2.24, 2.45) is 0 Å². The predicted molar refractivity (Wildman–Crippen MR) is 80.4 cm³/mol. The van der Waals surface area contributed by atoms with Gasteiger partial charge in [-0.2, -0.15) is 0 Å². The lowest BCUT2D eigenvalue weighted by Crippen LogP contribution is -1.81. The number of hydrogen-bond acceptors (Lipinski definition) is 2. The van der Waals surface area contributed by atoms with Gasteiger partial charge >= 0.3 is 0 Å². The highest BCUT2D eigenvalue weighted by atomic mass is 79.9. The van der Waals surface area contributed by atoms with Crippen LogP contribution in [0, 0.1) is 13.8 Å². The first kappa shape index (κ1) is 12.2. The first-order valence-electron chi connectivity index (χ1n) is 6.00. The van der Waals surface area contributed by atoms with Crippen molar-refractivity contribution in [2.75, 3.05) is 0 Å². The number of phenolic OH excluding ortho intramolecular Hbond substituents is 1. The summed E-state index contributed by atoms with van der Waals surface area (Å²) in [7, 11) is 0. The minimum atomic E-state index is 0.211. The Morgan fingerprint density at radius 3 is 2.68 bits per heavy atom. The molecule has 0 atom stereocenters. The number of rotatable bonds is 1. The fraction of sp³-hybridized carbons (Fsp3) is 0.133. The van der Waals surface area contributed by atoms with E-state index in [-0.39, 0.29) is 5.75 Å². The Morgan fingerprint density at radius 1 is 1.16 bits per heavy atom. The van der Waals surface area contributed by atoms with Gasteiger partial charge in [0.05, 0.1) is 16.6 Å². The van der Waals surface area contributed by atoms with Crippen molar-refractivity contribution in [3.05, 3.63) is 45.9 Å². The Morgan fingerprint density at radius 2 is 1.95 bits per heavy atom. The SMILES string of the molecule is Cc1cc(C)c2nc(-c3ccc(Br)cc3O)[nH]c2c1. The molecule has 2 aromatic carbocycles. The second-order valence-electron chi connectivity index (χ2n) is 4.72. The maximum atomic E-state index is 10.0. The van der Waals surface area contributed by atoms with E-state index < -0.39 is 0 Å². The number of aromatic nitrogens is 2. The molecule has 0 aliphatic rings. The summed E-state index contributed by atoms with van der Waals surface area (Å²) < 4.78 is 0.844. The second-order valence-corrected chi connectivity index (χ2v) is 5.64. The Labute approximate surface area is 119 Å². The topological polar surface area (TPSA) is 48.9 Å². The zero-order valence-electron chi connectivity index (χ0n) is 10.7. The van der Waals surface area contributed by atoms with Gasteiger partial charge in [-0.05, 0) is 49.2 Å². The summed E-state index contributed by atoms with van der Waals surface area (Å²) >= 11 is 3.33. The number of fused-ring (bicyclic) bond motifs is 1. The summed E-state index contributed by atoms with van der Waals surface area (Å²) in [6.45, 7) is 4.10. The van der Waals surface area contributed by atoms with E-state index in [4.69, 9.17) is 0 Å². The number of aromatic amines is 1. The average Bonchev–Trinajstić information content (AvgIpc) is 2.72. The Hall–Kier alpha value is -1.81. The van der Waals surface area contributed by atoms with E-state index >= 15 is 0 Å². The molecule has 4 heteroatoms. The van der Waals surface area contributed by atoms with Crippen molar-refractivity contribution in [1.82, 2.24) is 9.97 Å². The summed E-state index contributed by atoms with van der Waals surface area (Å²) in [5, 5.41) is 10.0. The molecule has 0 saturated heterocycles. The molecule has 3 aromatic rings. The number of nitrogens with zero attached hydrogens (tertiary/aromatic N) is 1. The highest BCUT2D eigenvalue weighted by molar-refractivity contribution is 9.10. The van der Waals surface area contributed by atoms with Gasteiger partial charge in [-0.25, -0.2) is 4.98 Å². The number of aromatic hydroxyl groups is 1. The van der Waals surface area contributed by atoms with E-state index in [0.717, 1.165) is 21.1 Å². The highest BCUT2D eigenvalue weighted by Gasteiger charge is 2.11. The monoisotopic (exact) mass is 316 g/mol. The summed E-state index contributed by atoms with van der Waals surface area (Å²) in [6.07, 6.45) is 0. The molecule has 1 aromatic heterocycles. The van der Waals surface area contributed by atoms with Gasteiger partial charge in [-0.15, -0.1) is 0 Å². The molecule has 0 radical (unpaired) electrons. The van der Waals surface area contributed by atoms with E-state index in [1.165, 1.54) is 5.56 Å². The van der Waals surface area contributed by atoms with Crippen molar-refractivity contribution in [1.29, 1.82) is 0 Å². The molecule has 3 nitrogen and oxygen atoms in total. The number of halogens is 1. The number of benzene rings is 2. The van der Waals surface area contributed by atoms with Gasteiger partial charge in [0.25, 0.3) is 0 Å². The molecule has 0 saturated carbocycles. The van der Waals surface area contributed by atoms with Crippen molar-refractivity contribution < 1.29 is 5.11 Å². The van der Waals surface area contributed by atoms with Crippen LogP contribution in [0.15, 0.2) is 34.8 Å². The van der Waals surface area contributed by atoms with Crippen LogP contribution in [0.4, 0.5) is 0 Å². The lowest BCUT2D eigenvalue weighted by Gasteiger charge is -2.01. The second kappa shape index (κ2) is 4.38. The number of nitrogens with one attached hydrogen (secondary N) is 1. The number of imidazole rings is 1. The zero-order chi connectivity index (χ0) is 13.6. The summed E-state index contributed by atoms with van der Waals surface area (Å²) in [5.74, 6) is 0.900. The van der Waals surface area contributed by atoms with Crippen molar-refractivity contribution in [2.45, 2.75) is 13.8 Å². The molecular formula is C15H13BrN2O. The third-order valence-electron chi connectivity index (χ3n) is 3.14. The molecule has 0 aliphatic carbocycles. The normalized spacial score (nSPS) is 11.1. The molecule has 3 rings (SSSR count). The van der Waals surface area contributed by atoms with E-state index in [1.807, 2.05) is 19.1 Å². The molecular weight excluding hydrogens is 304 g/mol. The Balaban J connectivity index is 2.23. The van der Waals surface area contributed by atoms with Gasteiger partial charge in [-0.1, -0.05) is 22.0 Å². The van der Waals surface area contributed by atoms with Crippen molar-refractivity contribution in [3.8, 4) is 17.1 Å². The minimum absolute atomic E-state index is 0.211. The highest BCUT2D eigenvalue weighted by Crippen LogP contribution is 2.31. The third-order valence-corrected chi connectivity index (χ3v) is 3.63. The molecule has 0 fully saturated rings. The van der Waals surface area contributed by atoms with Crippen LogP contribution in [-0.2, 0) is 0 Å². The fourth-order valence-electron chi connectivity index (χ4n) is 2.30. The van der Waals surface area contributed by atoms with E-state index in [2.05, 4.69) is 45.0 Å². The molecule has 19 heavy (non-hydrogen) atoms. The molecule has 2 N–H and O–H groups in total. The largest absolute Gasteiger partial charge is 0.507 e. The molecule has 0 unspecified atom stereocenters. The summed E-state index contributed by atoms with van der Waals surface area (Å²) in [4.78, 5) is 7.85. The fourth-order valence-corrected chi connectivity index (χ4v) is 2.65. The standard InChI is InChI=1S/C15H13BrN2O/c1-8-5-9(2)14-12(6-8)17-15(18-14)11-4-3-10(16)7-13(11)19/h3-7,19H,1-2H3,(H,17,18). The number of hydrogen-bond donors (Lipinski definition) is 2. The van der Waals surface area contributed by atoms with Crippen molar-refractivity contribution in [3.63, 3.8) is 0 Å². The van der Waals surface area contributed by atoms with Gasteiger partial charge in [0.2, 0.25) is 0 Å². The molecule has 0 bridgehead atoms. The first-order chi connectivity index (χ1) is 9.04. The van der Waals surface area contributed by atoms with Gasteiger partial charge in [0.15, 0.2) is 0 Å². The molecule has 0 amide bonds. The predicted octanol–water partition coefficient (Wildman–Crippen LogP) is 4.31. The van der Waals surface area contributed by atoms with Crippen LogP contribution in [0.3, 0.4) is 0 Å². The maximum absolute atomic E-state index is 10.0. The van der Waals surface area contributed by atoms with E-state index in [1.54, 1.807) is 6.07 Å². The minimum Gasteiger partial charge on any atom is -0.507 e. The third kappa shape index (κ3) is 2.12. The smallest absolute Gasteiger partial charge is 0.142 e. The first-order valence-corrected chi connectivity index (χ1v) is 6.80. The Bertz CT molecular complexity index is 777. The van der Waals surface area contributed by atoms with Crippen LogP contribution in [0.25, 0.3) is 22.4 Å².